The van der Waals surface area contributed by atoms with Crippen LogP contribution >= 0.6 is 0 Å². The monoisotopic (exact) mass is 268 g/mol. The second-order valence-electron chi connectivity index (χ2n) is 5.64. The average Bonchev–Trinajstić information content (AvgIpc) is 2.95. The fourth-order valence-electron chi connectivity index (χ4n) is 2.99. The molecule has 1 heterocycles. The Morgan fingerprint density at radius 3 is 2.95 bits per heavy atom. The van der Waals surface area contributed by atoms with Crippen molar-refractivity contribution in [2.45, 2.75) is 38.1 Å². The Hall–Kier alpha value is -1.86. The maximum absolute atomic E-state index is 8.89. The summed E-state index contributed by atoms with van der Waals surface area (Å²) in [4.78, 5) is 7.38. The lowest BCUT2D eigenvalue weighted by Gasteiger charge is -2.25. The Labute approximate surface area is 119 Å². The molecule has 0 unspecified atom stereocenters. The topological polar surface area (TPSA) is 64.5 Å². The van der Waals surface area contributed by atoms with Gasteiger partial charge in [-0.2, -0.15) is 5.26 Å². The Morgan fingerprint density at radius 2 is 2.15 bits per heavy atom. The number of hydrogen-bond acceptors (Lipinski definition) is 3. The van der Waals surface area contributed by atoms with E-state index in [2.05, 4.69) is 39.6 Å². The average molecular weight is 268 g/mol. The van der Waals surface area contributed by atoms with E-state index in [0.29, 0.717) is 6.04 Å². The molecule has 0 bridgehead atoms. The zero-order valence-corrected chi connectivity index (χ0v) is 11.6. The van der Waals surface area contributed by atoms with Gasteiger partial charge in [0.25, 0.3) is 0 Å². The molecule has 0 atom stereocenters. The highest BCUT2D eigenvalue weighted by Gasteiger charge is 2.19. The minimum atomic E-state index is 0.288. The van der Waals surface area contributed by atoms with Crippen LogP contribution in [-0.2, 0) is 6.42 Å². The van der Waals surface area contributed by atoms with Gasteiger partial charge < -0.3 is 10.3 Å². The fourth-order valence-corrected chi connectivity index (χ4v) is 2.99. The van der Waals surface area contributed by atoms with Crippen molar-refractivity contribution in [1.29, 1.82) is 5.26 Å². The zero-order valence-electron chi connectivity index (χ0n) is 11.6. The minimum Gasteiger partial charge on any atom is -0.345 e. The Morgan fingerprint density at radius 1 is 1.30 bits per heavy atom. The largest absolute Gasteiger partial charge is 0.345 e. The summed E-state index contributed by atoms with van der Waals surface area (Å²) in [5.74, 6) is 0.288. The van der Waals surface area contributed by atoms with E-state index in [9.17, 15) is 0 Å². The third-order valence-corrected chi connectivity index (χ3v) is 4.24. The van der Waals surface area contributed by atoms with Crippen LogP contribution in [0.25, 0.3) is 11.0 Å². The first kappa shape index (κ1) is 13.1. The molecule has 104 valence electrons. The van der Waals surface area contributed by atoms with Crippen molar-refractivity contribution in [1.82, 2.24) is 15.3 Å². The maximum atomic E-state index is 8.89. The number of rotatable bonds is 4. The van der Waals surface area contributed by atoms with E-state index < -0.39 is 0 Å². The Kier molecular flexibility index (Phi) is 3.98. The van der Waals surface area contributed by atoms with Gasteiger partial charge in [0.2, 0.25) is 0 Å². The van der Waals surface area contributed by atoms with E-state index in [-0.39, 0.29) is 5.92 Å². The molecular formula is C16H20N4. The SMILES string of the molecule is N#CC1CCC(NCCc2ccc3nc[nH]c3c2)CC1. The lowest BCUT2D eigenvalue weighted by molar-refractivity contribution is 0.334. The molecule has 1 aromatic heterocycles. The molecule has 4 nitrogen and oxygen atoms in total. The highest BCUT2D eigenvalue weighted by molar-refractivity contribution is 5.75. The van der Waals surface area contributed by atoms with E-state index in [1.807, 2.05) is 0 Å². The lowest BCUT2D eigenvalue weighted by Crippen LogP contribution is -2.34. The number of aromatic amines is 1. The summed E-state index contributed by atoms with van der Waals surface area (Å²) in [6.07, 6.45) is 7.14. The van der Waals surface area contributed by atoms with E-state index in [4.69, 9.17) is 5.26 Å². The van der Waals surface area contributed by atoms with Crippen LogP contribution in [-0.4, -0.2) is 22.6 Å². The molecule has 1 aliphatic rings. The number of benzene rings is 1. The predicted molar refractivity (Wildman–Crippen MR) is 79.2 cm³/mol. The quantitative estimate of drug-likeness (QED) is 0.896. The Bertz CT molecular complexity index is 602. The zero-order chi connectivity index (χ0) is 13.8. The van der Waals surface area contributed by atoms with Crippen LogP contribution in [0.1, 0.15) is 31.2 Å². The van der Waals surface area contributed by atoms with Gasteiger partial charge in [0.15, 0.2) is 0 Å². The Balaban J connectivity index is 1.47. The van der Waals surface area contributed by atoms with Gasteiger partial charge in [-0.1, -0.05) is 6.07 Å². The van der Waals surface area contributed by atoms with Crippen molar-refractivity contribution in [3.05, 3.63) is 30.1 Å². The first-order valence-electron chi connectivity index (χ1n) is 7.40. The smallest absolute Gasteiger partial charge is 0.0931 e. The van der Waals surface area contributed by atoms with E-state index in [1.54, 1.807) is 6.33 Å². The second kappa shape index (κ2) is 6.06. The molecule has 20 heavy (non-hydrogen) atoms. The highest BCUT2D eigenvalue weighted by Crippen LogP contribution is 2.23. The predicted octanol–water partition coefficient (Wildman–Crippen LogP) is 2.78. The molecule has 0 radical (unpaired) electrons. The van der Waals surface area contributed by atoms with Crippen LogP contribution < -0.4 is 5.32 Å². The van der Waals surface area contributed by atoms with Crippen molar-refractivity contribution in [3.63, 3.8) is 0 Å². The number of nitrogens with zero attached hydrogens (tertiary/aromatic N) is 2. The molecule has 4 heteroatoms. The molecular weight excluding hydrogens is 248 g/mol. The summed E-state index contributed by atoms with van der Waals surface area (Å²) < 4.78 is 0. The highest BCUT2D eigenvalue weighted by atomic mass is 14.9. The van der Waals surface area contributed by atoms with Gasteiger partial charge in [-0.25, -0.2) is 4.98 Å². The summed E-state index contributed by atoms with van der Waals surface area (Å²) >= 11 is 0. The first-order chi connectivity index (χ1) is 9.85. The fraction of sp³-hybridized carbons (Fsp3) is 0.500. The number of fused-ring (bicyclic) bond motifs is 1. The van der Waals surface area contributed by atoms with Crippen LogP contribution in [0.2, 0.25) is 0 Å². The third-order valence-electron chi connectivity index (χ3n) is 4.24. The van der Waals surface area contributed by atoms with Crippen LogP contribution in [0.3, 0.4) is 0 Å². The van der Waals surface area contributed by atoms with Gasteiger partial charge in [-0.05, 0) is 56.3 Å². The number of nitrogens with one attached hydrogen (secondary N) is 2. The van der Waals surface area contributed by atoms with E-state index >= 15 is 0 Å². The standard InChI is InChI=1S/C16H20N4/c17-10-13-1-4-14(5-2-13)18-8-7-12-3-6-15-16(9-12)20-11-19-15/h3,6,9,11,13-14,18H,1-2,4-5,7-8H2,(H,19,20). The molecule has 1 aliphatic carbocycles. The summed E-state index contributed by atoms with van der Waals surface area (Å²) in [6, 6.07) is 9.37. The van der Waals surface area contributed by atoms with Crippen molar-refractivity contribution in [2.75, 3.05) is 6.54 Å². The number of imidazole rings is 1. The third kappa shape index (κ3) is 3.00. The van der Waals surface area contributed by atoms with Crippen molar-refractivity contribution < 1.29 is 0 Å². The van der Waals surface area contributed by atoms with Crippen LogP contribution in [0.4, 0.5) is 0 Å². The molecule has 2 N–H and O–H groups in total. The van der Waals surface area contributed by atoms with Gasteiger partial charge in [0, 0.05) is 12.0 Å². The lowest BCUT2D eigenvalue weighted by atomic mass is 9.87. The van der Waals surface area contributed by atoms with E-state index in [0.717, 1.165) is 49.7 Å². The summed E-state index contributed by atoms with van der Waals surface area (Å²) in [7, 11) is 0. The second-order valence-corrected chi connectivity index (χ2v) is 5.64. The molecule has 2 aromatic rings. The summed E-state index contributed by atoms with van der Waals surface area (Å²) in [6.45, 7) is 1.00. The number of nitriles is 1. The number of H-pyrrole nitrogens is 1. The first-order valence-corrected chi connectivity index (χ1v) is 7.40. The number of aromatic nitrogens is 2. The van der Waals surface area contributed by atoms with Gasteiger partial charge in [0.1, 0.15) is 0 Å². The minimum absolute atomic E-state index is 0.288. The normalized spacial score (nSPS) is 22.8. The molecule has 0 aliphatic heterocycles. The van der Waals surface area contributed by atoms with E-state index in [1.165, 1.54) is 5.56 Å². The molecule has 1 saturated carbocycles. The van der Waals surface area contributed by atoms with Gasteiger partial charge >= 0.3 is 0 Å². The van der Waals surface area contributed by atoms with Crippen LogP contribution in [0.5, 0.6) is 0 Å². The van der Waals surface area contributed by atoms with Crippen molar-refractivity contribution in [3.8, 4) is 6.07 Å². The number of hydrogen-bond donors (Lipinski definition) is 2. The molecule has 0 saturated heterocycles. The maximum Gasteiger partial charge on any atom is 0.0931 e. The molecule has 0 spiro atoms. The molecule has 0 amide bonds. The van der Waals surface area contributed by atoms with Crippen LogP contribution in [0, 0.1) is 17.2 Å². The molecule has 1 aromatic carbocycles. The molecule has 3 rings (SSSR count). The van der Waals surface area contributed by atoms with Crippen LogP contribution in [0.15, 0.2) is 24.5 Å². The summed E-state index contributed by atoms with van der Waals surface area (Å²) in [5, 5.41) is 12.5. The van der Waals surface area contributed by atoms with Gasteiger partial charge in [-0.15, -0.1) is 0 Å². The van der Waals surface area contributed by atoms with Gasteiger partial charge in [0.05, 0.1) is 23.4 Å². The summed E-state index contributed by atoms with van der Waals surface area (Å²) in [5.41, 5.74) is 3.47. The van der Waals surface area contributed by atoms with Crippen molar-refractivity contribution in [2.24, 2.45) is 5.92 Å². The molecule has 1 fully saturated rings. The van der Waals surface area contributed by atoms with Gasteiger partial charge in [-0.3, -0.25) is 0 Å². The van der Waals surface area contributed by atoms with Crippen molar-refractivity contribution >= 4 is 11.0 Å².